The molecule has 0 saturated carbocycles. The largest absolute Gasteiger partial charge is 0.314 e. The number of piperidine rings is 1. The SMILES string of the molecule is CC1CCCN(CC2CCNC2C)C1C. The van der Waals surface area contributed by atoms with Gasteiger partial charge < -0.3 is 10.2 Å². The molecule has 2 heterocycles. The quantitative estimate of drug-likeness (QED) is 0.751. The summed E-state index contributed by atoms with van der Waals surface area (Å²) in [6, 6.07) is 1.53. The van der Waals surface area contributed by atoms with Crippen LogP contribution in [0.2, 0.25) is 0 Å². The van der Waals surface area contributed by atoms with Crippen molar-refractivity contribution in [2.45, 2.75) is 52.1 Å². The zero-order valence-corrected chi connectivity index (χ0v) is 10.5. The Morgan fingerprint density at radius 1 is 1.20 bits per heavy atom. The zero-order chi connectivity index (χ0) is 10.8. The second-order valence-electron chi connectivity index (χ2n) is 5.65. The Morgan fingerprint density at radius 3 is 2.67 bits per heavy atom. The molecule has 15 heavy (non-hydrogen) atoms. The monoisotopic (exact) mass is 210 g/mol. The maximum absolute atomic E-state index is 3.56. The lowest BCUT2D eigenvalue weighted by Crippen LogP contribution is -2.46. The fourth-order valence-corrected chi connectivity index (χ4v) is 3.14. The van der Waals surface area contributed by atoms with E-state index in [1.807, 2.05) is 0 Å². The van der Waals surface area contributed by atoms with Crippen molar-refractivity contribution in [1.82, 2.24) is 10.2 Å². The van der Waals surface area contributed by atoms with Crippen molar-refractivity contribution < 1.29 is 0 Å². The molecule has 0 radical (unpaired) electrons. The second-order valence-corrected chi connectivity index (χ2v) is 5.65. The Morgan fingerprint density at radius 2 is 2.00 bits per heavy atom. The summed E-state index contributed by atoms with van der Waals surface area (Å²) in [6.07, 6.45) is 4.20. The number of rotatable bonds is 2. The molecular weight excluding hydrogens is 184 g/mol. The summed E-state index contributed by atoms with van der Waals surface area (Å²) in [7, 11) is 0. The highest BCUT2D eigenvalue weighted by molar-refractivity contribution is 4.86. The number of likely N-dealkylation sites (tertiary alicyclic amines) is 1. The summed E-state index contributed by atoms with van der Waals surface area (Å²) >= 11 is 0. The average Bonchev–Trinajstić information content (AvgIpc) is 2.60. The zero-order valence-electron chi connectivity index (χ0n) is 10.5. The van der Waals surface area contributed by atoms with Crippen LogP contribution >= 0.6 is 0 Å². The van der Waals surface area contributed by atoms with Gasteiger partial charge in [-0.3, -0.25) is 0 Å². The number of hydrogen-bond acceptors (Lipinski definition) is 2. The number of nitrogens with zero attached hydrogens (tertiary/aromatic N) is 1. The van der Waals surface area contributed by atoms with E-state index in [0.29, 0.717) is 0 Å². The van der Waals surface area contributed by atoms with Gasteiger partial charge in [-0.2, -0.15) is 0 Å². The molecule has 0 aliphatic carbocycles. The van der Waals surface area contributed by atoms with Crippen LogP contribution in [-0.2, 0) is 0 Å². The van der Waals surface area contributed by atoms with Crippen LogP contribution in [0.4, 0.5) is 0 Å². The Labute approximate surface area is 94.4 Å². The van der Waals surface area contributed by atoms with Crippen LogP contribution in [0.3, 0.4) is 0 Å². The van der Waals surface area contributed by atoms with Crippen LogP contribution in [0.15, 0.2) is 0 Å². The third-order valence-electron chi connectivity index (χ3n) is 4.66. The van der Waals surface area contributed by atoms with Crippen molar-refractivity contribution in [3.8, 4) is 0 Å². The van der Waals surface area contributed by atoms with Crippen LogP contribution < -0.4 is 5.32 Å². The molecule has 0 amide bonds. The van der Waals surface area contributed by atoms with Crippen molar-refractivity contribution >= 4 is 0 Å². The van der Waals surface area contributed by atoms with Gasteiger partial charge in [0.2, 0.25) is 0 Å². The minimum Gasteiger partial charge on any atom is -0.314 e. The topological polar surface area (TPSA) is 15.3 Å². The first-order chi connectivity index (χ1) is 7.18. The van der Waals surface area contributed by atoms with E-state index in [0.717, 1.165) is 23.9 Å². The number of nitrogens with one attached hydrogen (secondary N) is 1. The fraction of sp³-hybridized carbons (Fsp3) is 1.00. The van der Waals surface area contributed by atoms with E-state index in [1.165, 1.54) is 38.9 Å². The highest BCUT2D eigenvalue weighted by atomic mass is 15.2. The van der Waals surface area contributed by atoms with Crippen molar-refractivity contribution in [2.75, 3.05) is 19.6 Å². The van der Waals surface area contributed by atoms with Gasteiger partial charge in [0.25, 0.3) is 0 Å². The summed E-state index contributed by atoms with van der Waals surface area (Å²) in [5, 5.41) is 3.56. The molecular formula is C13H26N2. The molecule has 2 heteroatoms. The molecule has 0 aromatic heterocycles. The van der Waals surface area contributed by atoms with Gasteiger partial charge in [-0.05, 0) is 58.0 Å². The Bertz CT molecular complexity index is 205. The second kappa shape index (κ2) is 4.84. The van der Waals surface area contributed by atoms with E-state index >= 15 is 0 Å². The van der Waals surface area contributed by atoms with Gasteiger partial charge >= 0.3 is 0 Å². The van der Waals surface area contributed by atoms with Gasteiger partial charge in [-0.25, -0.2) is 0 Å². The van der Waals surface area contributed by atoms with E-state index in [2.05, 4.69) is 31.0 Å². The molecule has 4 unspecified atom stereocenters. The summed E-state index contributed by atoms with van der Waals surface area (Å²) < 4.78 is 0. The van der Waals surface area contributed by atoms with Crippen LogP contribution in [0.1, 0.15) is 40.0 Å². The van der Waals surface area contributed by atoms with E-state index in [9.17, 15) is 0 Å². The third-order valence-corrected chi connectivity index (χ3v) is 4.66. The molecule has 2 fully saturated rings. The van der Waals surface area contributed by atoms with Crippen molar-refractivity contribution in [1.29, 1.82) is 0 Å². The summed E-state index contributed by atoms with van der Waals surface area (Å²) in [6.45, 7) is 11.0. The Balaban J connectivity index is 1.87. The normalized spacial score (nSPS) is 43.4. The minimum absolute atomic E-state index is 0.731. The first-order valence-corrected chi connectivity index (χ1v) is 6.66. The summed E-state index contributed by atoms with van der Waals surface area (Å²) in [4.78, 5) is 2.72. The molecule has 0 bridgehead atoms. The van der Waals surface area contributed by atoms with Crippen molar-refractivity contribution in [3.05, 3.63) is 0 Å². The molecule has 2 saturated heterocycles. The lowest BCUT2D eigenvalue weighted by atomic mass is 9.90. The molecule has 2 aliphatic heterocycles. The third kappa shape index (κ3) is 2.54. The maximum Gasteiger partial charge on any atom is 0.00926 e. The van der Waals surface area contributed by atoms with E-state index in [1.54, 1.807) is 0 Å². The Hall–Kier alpha value is -0.0800. The highest BCUT2D eigenvalue weighted by Crippen LogP contribution is 2.26. The summed E-state index contributed by atoms with van der Waals surface area (Å²) in [5.41, 5.74) is 0. The maximum atomic E-state index is 3.56. The van der Waals surface area contributed by atoms with Gasteiger partial charge in [0.05, 0.1) is 0 Å². The standard InChI is InChI=1S/C13H26N2/c1-10-5-4-8-15(12(10)3)9-13-6-7-14-11(13)2/h10-14H,4-9H2,1-3H3. The predicted octanol–water partition coefficient (Wildman–Crippen LogP) is 2.10. The minimum atomic E-state index is 0.731. The first kappa shape index (κ1) is 11.4. The lowest BCUT2D eigenvalue weighted by Gasteiger charge is -2.39. The van der Waals surface area contributed by atoms with E-state index in [4.69, 9.17) is 0 Å². The van der Waals surface area contributed by atoms with Gasteiger partial charge in [0.15, 0.2) is 0 Å². The molecule has 0 spiro atoms. The van der Waals surface area contributed by atoms with E-state index < -0.39 is 0 Å². The molecule has 0 aromatic rings. The fourth-order valence-electron chi connectivity index (χ4n) is 3.14. The van der Waals surface area contributed by atoms with Gasteiger partial charge in [0.1, 0.15) is 0 Å². The van der Waals surface area contributed by atoms with Gasteiger partial charge in [-0.1, -0.05) is 6.92 Å². The highest BCUT2D eigenvalue weighted by Gasteiger charge is 2.30. The van der Waals surface area contributed by atoms with Crippen LogP contribution in [0.5, 0.6) is 0 Å². The van der Waals surface area contributed by atoms with E-state index in [-0.39, 0.29) is 0 Å². The van der Waals surface area contributed by atoms with Crippen LogP contribution in [0.25, 0.3) is 0 Å². The van der Waals surface area contributed by atoms with Crippen molar-refractivity contribution in [3.63, 3.8) is 0 Å². The molecule has 4 atom stereocenters. The van der Waals surface area contributed by atoms with Crippen molar-refractivity contribution in [2.24, 2.45) is 11.8 Å². The molecule has 1 N–H and O–H groups in total. The summed E-state index contributed by atoms with van der Waals surface area (Å²) in [5.74, 6) is 1.78. The molecule has 0 aromatic carbocycles. The van der Waals surface area contributed by atoms with Gasteiger partial charge in [0, 0.05) is 18.6 Å². The molecule has 2 nitrogen and oxygen atoms in total. The smallest absolute Gasteiger partial charge is 0.00926 e. The first-order valence-electron chi connectivity index (χ1n) is 6.66. The molecule has 2 aliphatic rings. The molecule has 88 valence electrons. The predicted molar refractivity (Wildman–Crippen MR) is 65.0 cm³/mol. The van der Waals surface area contributed by atoms with Crippen LogP contribution in [0, 0.1) is 11.8 Å². The van der Waals surface area contributed by atoms with Gasteiger partial charge in [-0.15, -0.1) is 0 Å². The Kier molecular flexibility index (Phi) is 3.68. The van der Waals surface area contributed by atoms with Crippen LogP contribution in [-0.4, -0.2) is 36.6 Å². The number of hydrogen-bond donors (Lipinski definition) is 1. The average molecular weight is 210 g/mol. The molecule has 2 rings (SSSR count). The lowest BCUT2D eigenvalue weighted by molar-refractivity contribution is 0.0935.